The zero-order valence-corrected chi connectivity index (χ0v) is 10.5. The Hall–Kier alpha value is -1.36. The lowest BCUT2D eigenvalue weighted by Gasteiger charge is -2.07. The molecule has 0 aliphatic carbocycles. The van der Waals surface area contributed by atoms with E-state index in [0.29, 0.717) is 11.3 Å². The Bertz CT molecular complexity index is 509. The SMILES string of the molecule is O=Cc1ccccc1Oc1cccc(I)c1. The molecule has 2 aromatic carbocycles. The first-order chi connectivity index (χ1) is 7.79. The number of para-hydroxylation sites is 1. The molecule has 2 nitrogen and oxygen atoms in total. The lowest BCUT2D eigenvalue weighted by Crippen LogP contribution is -1.89. The first-order valence-electron chi connectivity index (χ1n) is 4.77. The number of aldehydes is 1. The van der Waals surface area contributed by atoms with Gasteiger partial charge in [0.05, 0.1) is 5.56 Å². The highest BCUT2D eigenvalue weighted by Gasteiger charge is 2.02. The van der Waals surface area contributed by atoms with E-state index in [2.05, 4.69) is 22.6 Å². The topological polar surface area (TPSA) is 26.3 Å². The van der Waals surface area contributed by atoms with Crippen LogP contribution in [-0.4, -0.2) is 6.29 Å². The molecular formula is C13H9IO2. The van der Waals surface area contributed by atoms with Crippen molar-refractivity contribution in [2.24, 2.45) is 0 Å². The molecule has 0 heterocycles. The predicted molar refractivity (Wildman–Crippen MR) is 71.1 cm³/mol. The van der Waals surface area contributed by atoms with Gasteiger partial charge in [0.2, 0.25) is 0 Å². The molecule has 0 amide bonds. The summed E-state index contributed by atoms with van der Waals surface area (Å²) in [6.45, 7) is 0. The molecule has 2 aromatic rings. The fourth-order valence-corrected chi connectivity index (χ4v) is 1.84. The fraction of sp³-hybridized carbons (Fsp3) is 0. The summed E-state index contributed by atoms with van der Waals surface area (Å²) in [5.74, 6) is 1.32. The van der Waals surface area contributed by atoms with Crippen LogP contribution in [0.25, 0.3) is 0 Å². The third-order valence-corrected chi connectivity index (χ3v) is 2.74. The Morgan fingerprint density at radius 1 is 1.06 bits per heavy atom. The Labute approximate surface area is 107 Å². The molecule has 0 saturated carbocycles. The second kappa shape index (κ2) is 5.12. The van der Waals surface area contributed by atoms with Gasteiger partial charge in [-0.3, -0.25) is 4.79 Å². The summed E-state index contributed by atoms with van der Waals surface area (Å²) in [6.07, 6.45) is 0.795. The average Bonchev–Trinajstić information content (AvgIpc) is 2.30. The van der Waals surface area contributed by atoms with Crippen LogP contribution in [0.1, 0.15) is 10.4 Å². The number of carbonyl (C=O) groups excluding carboxylic acids is 1. The number of rotatable bonds is 3. The molecule has 3 heteroatoms. The molecule has 16 heavy (non-hydrogen) atoms. The van der Waals surface area contributed by atoms with Gasteiger partial charge < -0.3 is 4.74 Å². The van der Waals surface area contributed by atoms with Crippen LogP contribution in [0.5, 0.6) is 11.5 Å². The van der Waals surface area contributed by atoms with Crippen LogP contribution in [-0.2, 0) is 0 Å². The van der Waals surface area contributed by atoms with Gasteiger partial charge >= 0.3 is 0 Å². The van der Waals surface area contributed by atoms with Crippen LogP contribution < -0.4 is 4.74 Å². The smallest absolute Gasteiger partial charge is 0.153 e. The van der Waals surface area contributed by atoms with Gasteiger partial charge in [0.25, 0.3) is 0 Å². The quantitative estimate of drug-likeness (QED) is 0.632. The predicted octanol–water partition coefficient (Wildman–Crippen LogP) is 3.90. The van der Waals surface area contributed by atoms with E-state index in [-0.39, 0.29) is 0 Å². The van der Waals surface area contributed by atoms with E-state index in [4.69, 9.17) is 4.74 Å². The van der Waals surface area contributed by atoms with E-state index in [1.165, 1.54) is 0 Å². The first-order valence-corrected chi connectivity index (χ1v) is 5.85. The molecule has 0 aliphatic rings. The molecule has 80 valence electrons. The Balaban J connectivity index is 2.30. The number of hydrogen-bond acceptors (Lipinski definition) is 2. The standard InChI is InChI=1S/C13H9IO2/c14-11-5-3-6-12(8-11)16-13-7-2-1-4-10(13)9-15/h1-9H. The molecule has 0 fully saturated rings. The molecule has 0 spiro atoms. The molecule has 0 saturated heterocycles. The lowest BCUT2D eigenvalue weighted by atomic mass is 10.2. The van der Waals surface area contributed by atoms with Gasteiger partial charge in [0.1, 0.15) is 11.5 Å². The molecule has 0 N–H and O–H groups in total. The van der Waals surface area contributed by atoms with Crippen LogP contribution in [0.4, 0.5) is 0 Å². The Kier molecular flexibility index (Phi) is 3.56. The maximum absolute atomic E-state index is 10.8. The van der Waals surface area contributed by atoms with Crippen LogP contribution in [0, 0.1) is 3.57 Å². The Morgan fingerprint density at radius 3 is 2.62 bits per heavy atom. The highest BCUT2D eigenvalue weighted by molar-refractivity contribution is 14.1. The van der Waals surface area contributed by atoms with Crippen LogP contribution >= 0.6 is 22.6 Å². The summed E-state index contributed by atoms with van der Waals surface area (Å²) < 4.78 is 6.74. The molecule has 0 atom stereocenters. The highest BCUT2D eigenvalue weighted by Crippen LogP contribution is 2.25. The second-order valence-electron chi connectivity index (χ2n) is 3.22. The number of carbonyl (C=O) groups is 1. The van der Waals surface area contributed by atoms with Crippen molar-refractivity contribution in [3.05, 3.63) is 57.7 Å². The van der Waals surface area contributed by atoms with E-state index in [9.17, 15) is 4.79 Å². The molecule has 0 radical (unpaired) electrons. The largest absolute Gasteiger partial charge is 0.457 e. The summed E-state index contributed by atoms with van der Waals surface area (Å²) >= 11 is 2.22. The minimum atomic E-state index is 0.557. The molecule has 0 aromatic heterocycles. The van der Waals surface area contributed by atoms with E-state index in [0.717, 1.165) is 15.6 Å². The normalized spacial score (nSPS) is 9.81. The Morgan fingerprint density at radius 2 is 1.88 bits per heavy atom. The van der Waals surface area contributed by atoms with Gasteiger partial charge in [-0.25, -0.2) is 0 Å². The second-order valence-corrected chi connectivity index (χ2v) is 4.46. The van der Waals surface area contributed by atoms with Gasteiger partial charge in [-0.2, -0.15) is 0 Å². The minimum absolute atomic E-state index is 0.557. The molecule has 2 rings (SSSR count). The lowest BCUT2D eigenvalue weighted by molar-refractivity contribution is 0.112. The highest BCUT2D eigenvalue weighted by atomic mass is 127. The van der Waals surface area contributed by atoms with Gasteiger partial charge in [-0.05, 0) is 52.9 Å². The fourth-order valence-electron chi connectivity index (χ4n) is 1.33. The summed E-state index contributed by atoms with van der Waals surface area (Å²) in [5, 5.41) is 0. The summed E-state index contributed by atoms with van der Waals surface area (Å²) in [5.41, 5.74) is 0.557. The van der Waals surface area contributed by atoms with E-state index in [1.54, 1.807) is 12.1 Å². The third kappa shape index (κ3) is 2.61. The summed E-state index contributed by atoms with van der Waals surface area (Å²) in [4.78, 5) is 10.8. The van der Waals surface area contributed by atoms with Crippen molar-refractivity contribution in [1.29, 1.82) is 0 Å². The van der Waals surface area contributed by atoms with Crippen molar-refractivity contribution < 1.29 is 9.53 Å². The van der Waals surface area contributed by atoms with Crippen molar-refractivity contribution in [3.8, 4) is 11.5 Å². The number of hydrogen-bond donors (Lipinski definition) is 0. The van der Waals surface area contributed by atoms with Crippen LogP contribution in [0.2, 0.25) is 0 Å². The minimum Gasteiger partial charge on any atom is -0.457 e. The van der Waals surface area contributed by atoms with Gasteiger partial charge in [-0.15, -0.1) is 0 Å². The monoisotopic (exact) mass is 324 g/mol. The van der Waals surface area contributed by atoms with Gasteiger partial charge in [-0.1, -0.05) is 18.2 Å². The maximum atomic E-state index is 10.8. The average molecular weight is 324 g/mol. The summed E-state index contributed by atoms with van der Waals surface area (Å²) in [6, 6.07) is 14.9. The van der Waals surface area contributed by atoms with Crippen molar-refractivity contribution in [1.82, 2.24) is 0 Å². The number of halogens is 1. The molecule has 0 unspecified atom stereocenters. The first kappa shape index (κ1) is 11.1. The van der Waals surface area contributed by atoms with Gasteiger partial charge in [0.15, 0.2) is 6.29 Å². The summed E-state index contributed by atoms with van der Waals surface area (Å²) in [7, 11) is 0. The van der Waals surface area contributed by atoms with E-state index in [1.807, 2.05) is 36.4 Å². The van der Waals surface area contributed by atoms with Crippen LogP contribution in [0.15, 0.2) is 48.5 Å². The van der Waals surface area contributed by atoms with Gasteiger partial charge in [0, 0.05) is 3.57 Å². The maximum Gasteiger partial charge on any atom is 0.153 e. The van der Waals surface area contributed by atoms with Crippen molar-refractivity contribution in [3.63, 3.8) is 0 Å². The van der Waals surface area contributed by atoms with Crippen LogP contribution in [0.3, 0.4) is 0 Å². The third-order valence-electron chi connectivity index (χ3n) is 2.07. The number of benzene rings is 2. The molecule has 0 aliphatic heterocycles. The molecular weight excluding hydrogens is 315 g/mol. The zero-order valence-electron chi connectivity index (χ0n) is 8.39. The van der Waals surface area contributed by atoms with E-state index < -0.39 is 0 Å². The zero-order chi connectivity index (χ0) is 11.4. The van der Waals surface area contributed by atoms with Crippen molar-refractivity contribution >= 4 is 28.9 Å². The van der Waals surface area contributed by atoms with Crippen molar-refractivity contribution in [2.75, 3.05) is 0 Å². The van der Waals surface area contributed by atoms with Crippen molar-refractivity contribution in [2.45, 2.75) is 0 Å². The number of ether oxygens (including phenoxy) is 1. The molecule has 0 bridgehead atoms. The van der Waals surface area contributed by atoms with E-state index >= 15 is 0 Å².